The van der Waals surface area contributed by atoms with Gasteiger partial charge in [-0.15, -0.1) is 0 Å². The van der Waals surface area contributed by atoms with Crippen LogP contribution in [0.3, 0.4) is 0 Å². The minimum absolute atomic E-state index is 0.171. The molecule has 106 valence electrons. The second-order valence-electron chi connectivity index (χ2n) is 4.64. The molecule has 0 saturated carbocycles. The van der Waals surface area contributed by atoms with Crippen molar-refractivity contribution in [3.63, 3.8) is 0 Å². The molecule has 1 aromatic heterocycles. The predicted octanol–water partition coefficient (Wildman–Crippen LogP) is 2.04. The minimum Gasteiger partial charge on any atom is -0.437 e. The lowest BCUT2D eigenvalue weighted by atomic mass is 10.1. The molecule has 0 spiro atoms. The van der Waals surface area contributed by atoms with Crippen LogP contribution in [0.2, 0.25) is 0 Å². The Morgan fingerprint density at radius 1 is 1.29 bits per heavy atom. The largest absolute Gasteiger partial charge is 0.437 e. The first kappa shape index (κ1) is 14.3. The fourth-order valence-corrected chi connectivity index (χ4v) is 1.98. The summed E-state index contributed by atoms with van der Waals surface area (Å²) in [6.45, 7) is 3.58. The van der Waals surface area contributed by atoms with Crippen LogP contribution in [-0.4, -0.2) is 10.9 Å². The number of aryl methyl sites for hydroxylation is 2. The van der Waals surface area contributed by atoms with Crippen molar-refractivity contribution in [3.8, 4) is 17.7 Å². The highest BCUT2D eigenvalue weighted by Crippen LogP contribution is 2.30. The maximum Gasteiger partial charge on any atom is 0.248 e. The standard InChI is InChI=1S/C15H14N4O2/c1-8-3-10(14(18)20)4-9(2)13(8)21-15-11(6-16)5-12(17)7-19-15/h3-5,7H,17H2,1-2H3,(H2,18,20). The van der Waals surface area contributed by atoms with Gasteiger partial charge in [-0.05, 0) is 43.2 Å². The number of amides is 1. The van der Waals surface area contributed by atoms with Crippen molar-refractivity contribution < 1.29 is 9.53 Å². The van der Waals surface area contributed by atoms with Crippen LogP contribution in [0.1, 0.15) is 27.0 Å². The first-order valence-corrected chi connectivity index (χ1v) is 6.17. The molecule has 21 heavy (non-hydrogen) atoms. The molecular formula is C15H14N4O2. The first-order chi connectivity index (χ1) is 9.92. The van der Waals surface area contributed by atoms with Crippen LogP contribution < -0.4 is 16.2 Å². The lowest BCUT2D eigenvalue weighted by molar-refractivity contribution is 0.1000. The lowest BCUT2D eigenvalue weighted by Gasteiger charge is -2.13. The highest BCUT2D eigenvalue weighted by atomic mass is 16.5. The number of nitrogen functional groups attached to an aromatic ring is 1. The van der Waals surface area contributed by atoms with Gasteiger partial charge in [-0.3, -0.25) is 4.79 Å². The third kappa shape index (κ3) is 2.92. The van der Waals surface area contributed by atoms with E-state index >= 15 is 0 Å². The van der Waals surface area contributed by atoms with Crippen molar-refractivity contribution in [2.45, 2.75) is 13.8 Å². The Bertz CT molecular complexity index is 740. The fraction of sp³-hybridized carbons (Fsp3) is 0.133. The number of aromatic nitrogens is 1. The quantitative estimate of drug-likeness (QED) is 0.893. The van der Waals surface area contributed by atoms with Crippen molar-refractivity contribution >= 4 is 11.6 Å². The van der Waals surface area contributed by atoms with Crippen LogP contribution in [-0.2, 0) is 0 Å². The van der Waals surface area contributed by atoms with Crippen LogP contribution in [0, 0.1) is 25.2 Å². The number of pyridine rings is 1. The summed E-state index contributed by atoms with van der Waals surface area (Å²) in [6, 6.07) is 6.74. The van der Waals surface area contributed by atoms with Crippen LogP contribution >= 0.6 is 0 Å². The van der Waals surface area contributed by atoms with Crippen LogP contribution in [0.25, 0.3) is 0 Å². The molecule has 6 nitrogen and oxygen atoms in total. The second kappa shape index (κ2) is 5.51. The summed E-state index contributed by atoms with van der Waals surface area (Å²) in [4.78, 5) is 15.2. The van der Waals surface area contributed by atoms with E-state index in [1.165, 1.54) is 12.3 Å². The number of hydrogen-bond acceptors (Lipinski definition) is 5. The van der Waals surface area contributed by atoms with Crippen LogP contribution in [0.5, 0.6) is 11.6 Å². The molecule has 6 heteroatoms. The summed E-state index contributed by atoms with van der Waals surface area (Å²) in [5, 5.41) is 9.09. The summed E-state index contributed by atoms with van der Waals surface area (Å²) >= 11 is 0. The number of rotatable bonds is 3. The third-order valence-corrected chi connectivity index (χ3v) is 2.94. The summed E-state index contributed by atoms with van der Waals surface area (Å²) in [7, 11) is 0. The van der Waals surface area contributed by atoms with Gasteiger partial charge in [-0.1, -0.05) is 0 Å². The SMILES string of the molecule is Cc1cc(C(N)=O)cc(C)c1Oc1ncc(N)cc1C#N. The van der Waals surface area contributed by atoms with Gasteiger partial charge in [0.2, 0.25) is 11.8 Å². The molecule has 0 atom stereocenters. The Morgan fingerprint density at radius 3 is 2.43 bits per heavy atom. The average molecular weight is 282 g/mol. The Labute approximate surface area is 122 Å². The number of hydrogen-bond donors (Lipinski definition) is 2. The van der Waals surface area contributed by atoms with Crippen molar-refractivity contribution in [1.82, 2.24) is 4.98 Å². The number of carbonyl (C=O) groups is 1. The summed E-state index contributed by atoms with van der Waals surface area (Å²) in [5.74, 6) is 0.203. The molecule has 2 rings (SSSR count). The third-order valence-electron chi connectivity index (χ3n) is 2.94. The summed E-state index contributed by atoms with van der Waals surface area (Å²) in [5.41, 5.74) is 13.3. The number of carbonyl (C=O) groups excluding carboxylic acids is 1. The first-order valence-electron chi connectivity index (χ1n) is 6.17. The van der Waals surface area contributed by atoms with Crippen molar-refractivity contribution in [1.29, 1.82) is 5.26 Å². The highest BCUT2D eigenvalue weighted by molar-refractivity contribution is 5.93. The normalized spacial score (nSPS) is 9.95. The van der Waals surface area contributed by atoms with Crippen molar-refractivity contribution in [3.05, 3.63) is 46.6 Å². The number of anilines is 1. The van der Waals surface area contributed by atoms with Gasteiger partial charge >= 0.3 is 0 Å². The van der Waals surface area contributed by atoms with E-state index in [0.29, 0.717) is 17.0 Å². The van der Waals surface area contributed by atoms with E-state index in [2.05, 4.69) is 4.98 Å². The van der Waals surface area contributed by atoms with Gasteiger partial charge in [-0.2, -0.15) is 5.26 Å². The van der Waals surface area contributed by atoms with Gasteiger partial charge in [0, 0.05) is 5.56 Å². The molecule has 0 saturated heterocycles. The molecule has 0 aliphatic heterocycles. The molecule has 0 fully saturated rings. The van der Waals surface area contributed by atoms with Crippen molar-refractivity contribution in [2.24, 2.45) is 5.73 Å². The Kier molecular flexibility index (Phi) is 3.76. The highest BCUT2D eigenvalue weighted by Gasteiger charge is 2.13. The number of primary amides is 1. The molecule has 1 heterocycles. The van der Waals surface area contributed by atoms with Gasteiger partial charge in [0.25, 0.3) is 0 Å². The molecule has 1 aromatic carbocycles. The topological polar surface area (TPSA) is 115 Å². The molecule has 4 N–H and O–H groups in total. The summed E-state index contributed by atoms with van der Waals surface area (Å²) < 4.78 is 5.71. The van der Waals surface area contributed by atoms with Crippen LogP contribution in [0.15, 0.2) is 24.4 Å². The molecular weight excluding hydrogens is 268 g/mol. The van der Waals surface area contributed by atoms with Crippen LogP contribution in [0.4, 0.5) is 5.69 Å². The Morgan fingerprint density at radius 2 is 1.90 bits per heavy atom. The number of benzene rings is 1. The number of ether oxygens (including phenoxy) is 1. The maximum atomic E-state index is 11.2. The van der Waals surface area contributed by atoms with E-state index in [1.807, 2.05) is 6.07 Å². The minimum atomic E-state index is -0.504. The number of nitrogens with two attached hydrogens (primary N) is 2. The van der Waals surface area contributed by atoms with E-state index < -0.39 is 5.91 Å². The zero-order chi connectivity index (χ0) is 15.6. The van der Waals surface area contributed by atoms with Gasteiger partial charge in [-0.25, -0.2) is 4.98 Å². The molecule has 0 aliphatic carbocycles. The second-order valence-corrected chi connectivity index (χ2v) is 4.64. The van der Waals surface area contributed by atoms with E-state index in [4.69, 9.17) is 21.5 Å². The molecule has 0 bridgehead atoms. The van der Waals surface area contributed by atoms with Crippen molar-refractivity contribution in [2.75, 3.05) is 5.73 Å². The molecule has 0 aliphatic rings. The predicted molar refractivity (Wildman–Crippen MR) is 77.9 cm³/mol. The monoisotopic (exact) mass is 282 g/mol. The maximum absolute atomic E-state index is 11.2. The Balaban J connectivity index is 2.46. The molecule has 1 amide bonds. The molecule has 2 aromatic rings. The van der Waals surface area contributed by atoms with Gasteiger partial charge < -0.3 is 16.2 Å². The number of nitriles is 1. The zero-order valence-electron chi connectivity index (χ0n) is 11.7. The molecule has 0 radical (unpaired) electrons. The van der Waals surface area contributed by atoms with E-state index in [9.17, 15) is 4.79 Å². The zero-order valence-corrected chi connectivity index (χ0v) is 11.7. The smallest absolute Gasteiger partial charge is 0.248 e. The Hall–Kier alpha value is -3.07. The lowest BCUT2D eigenvalue weighted by Crippen LogP contribution is -2.11. The van der Waals surface area contributed by atoms with E-state index in [-0.39, 0.29) is 11.4 Å². The summed E-state index contributed by atoms with van der Waals surface area (Å²) in [6.07, 6.45) is 1.42. The van der Waals surface area contributed by atoms with E-state index in [0.717, 1.165) is 11.1 Å². The van der Waals surface area contributed by atoms with Gasteiger partial charge in [0.05, 0.1) is 11.9 Å². The fourth-order valence-electron chi connectivity index (χ4n) is 1.98. The molecule has 0 unspecified atom stereocenters. The van der Waals surface area contributed by atoms with Gasteiger partial charge in [0.1, 0.15) is 17.4 Å². The van der Waals surface area contributed by atoms with Gasteiger partial charge in [0.15, 0.2) is 0 Å². The van der Waals surface area contributed by atoms with E-state index in [1.54, 1.807) is 26.0 Å². The average Bonchev–Trinajstić information content (AvgIpc) is 2.43. The number of nitrogens with zero attached hydrogens (tertiary/aromatic N) is 2.